The summed E-state index contributed by atoms with van der Waals surface area (Å²) in [5.74, 6) is -2.03. The van der Waals surface area contributed by atoms with Crippen LogP contribution in [0.4, 0.5) is 26.3 Å². The van der Waals surface area contributed by atoms with E-state index < -0.39 is 29.5 Å². The van der Waals surface area contributed by atoms with Crippen LogP contribution in [-0.4, -0.2) is 22.7 Å². The number of rotatable bonds is 4. The van der Waals surface area contributed by atoms with Gasteiger partial charge in [-0.25, -0.2) is 9.97 Å². The first-order valence-corrected chi connectivity index (χ1v) is 6.25. The van der Waals surface area contributed by atoms with E-state index in [4.69, 9.17) is 5.73 Å². The van der Waals surface area contributed by atoms with Crippen LogP contribution in [0, 0.1) is 5.41 Å². The van der Waals surface area contributed by atoms with Crippen LogP contribution in [0.25, 0.3) is 0 Å². The molecule has 21 heavy (non-hydrogen) atoms. The van der Waals surface area contributed by atoms with Crippen LogP contribution >= 0.6 is 0 Å². The molecule has 0 amide bonds. The van der Waals surface area contributed by atoms with Crippen molar-refractivity contribution in [2.24, 2.45) is 11.1 Å². The molecule has 1 saturated carbocycles. The van der Waals surface area contributed by atoms with Crippen LogP contribution in [0.3, 0.4) is 0 Å². The molecule has 1 aromatic rings. The minimum atomic E-state index is -4.68. The number of alkyl halides is 6. The van der Waals surface area contributed by atoms with Gasteiger partial charge in [0.15, 0.2) is 0 Å². The third-order valence-corrected chi connectivity index (χ3v) is 3.77. The normalized spacial score (nSPS) is 19.4. The van der Waals surface area contributed by atoms with Gasteiger partial charge in [-0.15, -0.1) is 0 Å². The van der Waals surface area contributed by atoms with E-state index in [1.165, 1.54) is 0 Å². The van der Waals surface area contributed by atoms with Gasteiger partial charge in [-0.2, -0.15) is 26.3 Å². The highest BCUT2D eigenvalue weighted by molar-refractivity contribution is 5.16. The summed E-state index contributed by atoms with van der Waals surface area (Å²) in [6, 6.07) is 0. The van der Waals surface area contributed by atoms with Gasteiger partial charge in [0.05, 0.1) is 5.41 Å². The number of nitrogens with two attached hydrogens (primary N) is 1. The summed E-state index contributed by atoms with van der Waals surface area (Å²) in [6.45, 7) is -0.105. The van der Waals surface area contributed by atoms with Crippen LogP contribution in [0.15, 0.2) is 12.4 Å². The lowest BCUT2D eigenvalue weighted by Gasteiger charge is -2.24. The fraction of sp³-hybridized carbons (Fsp3) is 0.667. The van der Waals surface area contributed by atoms with Gasteiger partial charge in [0.25, 0.3) is 0 Å². The fourth-order valence-electron chi connectivity index (χ4n) is 2.26. The maximum Gasteiger partial charge on any atom is 0.451 e. The van der Waals surface area contributed by atoms with E-state index in [0.29, 0.717) is 0 Å². The molecule has 1 fully saturated rings. The second kappa shape index (κ2) is 5.11. The van der Waals surface area contributed by atoms with Gasteiger partial charge < -0.3 is 5.73 Å². The molecule has 0 saturated heterocycles. The molecule has 2 N–H and O–H groups in total. The first kappa shape index (κ1) is 16.0. The van der Waals surface area contributed by atoms with Crippen LogP contribution < -0.4 is 5.73 Å². The van der Waals surface area contributed by atoms with Gasteiger partial charge in [-0.1, -0.05) is 0 Å². The van der Waals surface area contributed by atoms with E-state index in [0.717, 1.165) is 12.4 Å². The summed E-state index contributed by atoms with van der Waals surface area (Å²) in [4.78, 5) is 6.32. The summed E-state index contributed by atoms with van der Waals surface area (Å²) in [5.41, 5.74) is 3.89. The van der Waals surface area contributed by atoms with Crippen molar-refractivity contribution in [1.82, 2.24) is 9.97 Å². The highest BCUT2D eigenvalue weighted by Gasteiger charge is 2.63. The molecule has 0 unspecified atom stereocenters. The average Bonchev–Trinajstić information content (AvgIpc) is 3.15. The summed E-state index contributed by atoms with van der Waals surface area (Å²) in [5, 5.41) is 0. The number of hydrogen-bond donors (Lipinski definition) is 1. The van der Waals surface area contributed by atoms with Crippen molar-refractivity contribution in [3.8, 4) is 0 Å². The van der Waals surface area contributed by atoms with Gasteiger partial charge in [0, 0.05) is 18.3 Å². The van der Waals surface area contributed by atoms with Crippen LogP contribution in [0.2, 0.25) is 0 Å². The van der Waals surface area contributed by atoms with Crippen molar-refractivity contribution < 1.29 is 26.3 Å². The summed E-state index contributed by atoms with van der Waals surface area (Å²) in [6.07, 6.45) is -7.40. The van der Waals surface area contributed by atoms with Crippen LogP contribution in [-0.2, 0) is 6.18 Å². The highest BCUT2D eigenvalue weighted by atomic mass is 19.4. The molecule has 1 aromatic heterocycles. The highest BCUT2D eigenvalue weighted by Crippen LogP contribution is 2.61. The molecule has 2 rings (SSSR count). The summed E-state index contributed by atoms with van der Waals surface area (Å²) in [7, 11) is 0. The second-order valence-corrected chi connectivity index (χ2v) is 5.25. The molecule has 1 aliphatic carbocycles. The lowest BCUT2D eigenvalue weighted by molar-refractivity contribution is -0.190. The summed E-state index contributed by atoms with van der Waals surface area (Å²) >= 11 is 0. The predicted molar refractivity (Wildman–Crippen MR) is 61.2 cm³/mol. The Bertz CT molecular complexity index is 489. The third kappa shape index (κ3) is 3.28. The smallest absolute Gasteiger partial charge is 0.330 e. The maximum absolute atomic E-state index is 12.9. The predicted octanol–water partition coefficient (Wildman–Crippen LogP) is 3.27. The monoisotopic (exact) mass is 313 g/mol. The molecule has 0 radical (unpaired) electrons. The molecular formula is C12H13F6N3. The molecule has 118 valence electrons. The van der Waals surface area contributed by atoms with Crippen molar-refractivity contribution in [3.05, 3.63) is 23.8 Å². The van der Waals surface area contributed by atoms with E-state index >= 15 is 0 Å². The van der Waals surface area contributed by atoms with E-state index in [1.54, 1.807) is 0 Å². The molecule has 0 bridgehead atoms. The molecule has 0 aliphatic heterocycles. The minimum Gasteiger partial charge on any atom is -0.330 e. The Hall–Kier alpha value is -1.38. The van der Waals surface area contributed by atoms with Gasteiger partial charge >= 0.3 is 12.4 Å². The lowest BCUT2D eigenvalue weighted by Crippen LogP contribution is -2.29. The van der Waals surface area contributed by atoms with Gasteiger partial charge in [-0.3, -0.25) is 0 Å². The van der Waals surface area contributed by atoms with Crippen LogP contribution in [0.1, 0.15) is 36.6 Å². The second-order valence-electron chi connectivity index (χ2n) is 5.25. The van der Waals surface area contributed by atoms with Gasteiger partial charge in [0.2, 0.25) is 5.82 Å². The first-order valence-electron chi connectivity index (χ1n) is 6.25. The molecular weight excluding hydrogens is 300 g/mol. The molecule has 1 heterocycles. The molecule has 1 atom stereocenters. The Labute approximate surface area is 116 Å². The minimum absolute atomic E-state index is 0.0223. The first-order chi connectivity index (χ1) is 9.59. The Balaban J connectivity index is 2.15. The maximum atomic E-state index is 12.9. The zero-order valence-corrected chi connectivity index (χ0v) is 10.8. The van der Waals surface area contributed by atoms with Crippen LogP contribution in [0.5, 0.6) is 0 Å². The summed E-state index contributed by atoms with van der Waals surface area (Å²) < 4.78 is 75.7. The topological polar surface area (TPSA) is 51.8 Å². The zero-order chi connectivity index (χ0) is 15.9. The molecule has 1 aliphatic rings. The third-order valence-electron chi connectivity index (χ3n) is 3.77. The quantitative estimate of drug-likeness (QED) is 0.868. The standard InChI is InChI=1S/C12H13F6N3/c13-11(14,15)9-20-5-8(6-21-9)7(4-19)3-10(1-2-10)12(16,17)18/h5-7H,1-4,19H2/t7-/m0/s1. The number of aromatic nitrogens is 2. The van der Waals surface area contributed by atoms with Crippen molar-refractivity contribution >= 4 is 0 Å². The van der Waals surface area contributed by atoms with Gasteiger partial charge in [0.1, 0.15) is 0 Å². The molecule has 3 nitrogen and oxygen atoms in total. The van der Waals surface area contributed by atoms with Crippen molar-refractivity contribution in [2.75, 3.05) is 6.54 Å². The largest absolute Gasteiger partial charge is 0.451 e. The van der Waals surface area contributed by atoms with E-state index in [1.807, 2.05) is 0 Å². The SMILES string of the molecule is NC[C@H](CC1(C(F)(F)F)CC1)c1cnc(C(F)(F)F)nc1. The van der Waals surface area contributed by atoms with E-state index in [9.17, 15) is 26.3 Å². The number of hydrogen-bond acceptors (Lipinski definition) is 3. The fourth-order valence-corrected chi connectivity index (χ4v) is 2.26. The van der Waals surface area contributed by atoms with Crippen molar-refractivity contribution in [3.63, 3.8) is 0 Å². The van der Waals surface area contributed by atoms with E-state index in [-0.39, 0.29) is 31.4 Å². The Morgan fingerprint density at radius 1 is 1.10 bits per heavy atom. The Morgan fingerprint density at radius 3 is 1.95 bits per heavy atom. The number of nitrogens with zero attached hydrogens (tertiary/aromatic N) is 2. The Kier molecular flexibility index (Phi) is 3.90. The van der Waals surface area contributed by atoms with Gasteiger partial charge in [-0.05, 0) is 31.4 Å². The average molecular weight is 313 g/mol. The number of halogens is 6. The molecule has 0 aromatic carbocycles. The van der Waals surface area contributed by atoms with Crippen molar-refractivity contribution in [2.45, 2.75) is 37.5 Å². The van der Waals surface area contributed by atoms with Crippen molar-refractivity contribution in [1.29, 1.82) is 0 Å². The lowest BCUT2D eigenvalue weighted by atomic mass is 9.87. The molecule has 0 spiro atoms. The molecule has 9 heteroatoms. The van der Waals surface area contributed by atoms with E-state index in [2.05, 4.69) is 9.97 Å². The Morgan fingerprint density at radius 2 is 1.62 bits per heavy atom. The zero-order valence-electron chi connectivity index (χ0n) is 10.8.